The van der Waals surface area contributed by atoms with Crippen LogP contribution < -0.4 is 0 Å². The molecule has 1 aromatic heterocycles. The van der Waals surface area contributed by atoms with Crippen molar-refractivity contribution in [2.75, 3.05) is 27.2 Å². The first-order chi connectivity index (χ1) is 28.9. The summed E-state index contributed by atoms with van der Waals surface area (Å²) in [5.74, 6) is -4.08. The molecule has 62 heavy (non-hydrogen) atoms. The van der Waals surface area contributed by atoms with Crippen LogP contribution in [0.5, 0.6) is 0 Å². The average molecular weight is 882 g/mol. The number of nitrogens with zero attached hydrogens (tertiary/aromatic N) is 5. The number of carboxylic acids is 1. The monoisotopic (exact) mass is 881 g/mol. The number of carboxylic acid groups (broad SMARTS) is 1. The fourth-order valence-corrected chi connectivity index (χ4v) is 11.3. The van der Waals surface area contributed by atoms with Gasteiger partial charge in [0, 0.05) is 66.6 Å². The molecular weight excluding hydrogens is 811 g/mol. The van der Waals surface area contributed by atoms with E-state index in [9.17, 15) is 39.0 Å². The highest BCUT2D eigenvalue weighted by Gasteiger charge is 2.60. The number of amides is 3. The molecule has 0 aromatic carbocycles. The Labute approximate surface area is 372 Å². The Morgan fingerprint density at radius 2 is 1.74 bits per heavy atom. The van der Waals surface area contributed by atoms with Gasteiger partial charge in [-0.1, -0.05) is 47.6 Å². The number of fused-ring (bicyclic) bond motifs is 1. The Morgan fingerprint density at radius 1 is 1.05 bits per heavy atom. The lowest BCUT2D eigenvalue weighted by atomic mass is 9.77. The summed E-state index contributed by atoms with van der Waals surface area (Å²) >= 11 is 1.45. The predicted octanol–water partition coefficient (Wildman–Crippen LogP) is 5.71. The van der Waals surface area contributed by atoms with E-state index in [1.165, 1.54) is 21.6 Å². The number of likely N-dealkylation sites (tertiary alicyclic amines) is 2. The van der Waals surface area contributed by atoms with Crippen molar-refractivity contribution < 1.29 is 43.7 Å². The van der Waals surface area contributed by atoms with Gasteiger partial charge >= 0.3 is 11.9 Å². The third-order valence-corrected chi connectivity index (χ3v) is 15.5. The van der Waals surface area contributed by atoms with Crippen LogP contribution in [0, 0.1) is 22.7 Å². The second-order valence-corrected chi connectivity index (χ2v) is 21.7. The molecule has 3 fully saturated rings. The molecule has 4 aliphatic rings. The fraction of sp³-hybridized carbons (Fsp3) is 0.723. The highest BCUT2D eigenvalue weighted by atomic mass is 32.2. The van der Waals surface area contributed by atoms with E-state index in [-0.39, 0.29) is 34.1 Å². The molecule has 3 amide bonds. The third-order valence-electron chi connectivity index (χ3n) is 14.1. The number of carbonyl (C=O) groups is 6. The van der Waals surface area contributed by atoms with Gasteiger partial charge in [0.25, 0.3) is 5.91 Å². The summed E-state index contributed by atoms with van der Waals surface area (Å²) in [6, 6.07) is 2.19. The van der Waals surface area contributed by atoms with Crippen LogP contribution in [0.2, 0.25) is 0 Å². The lowest BCUT2D eigenvalue weighted by Gasteiger charge is -2.46. The number of aryl methyl sites for hydroxylation is 1. The minimum atomic E-state index is -1.17. The van der Waals surface area contributed by atoms with Gasteiger partial charge in [-0.2, -0.15) is 0 Å². The van der Waals surface area contributed by atoms with Gasteiger partial charge in [0.15, 0.2) is 0 Å². The number of hydrogen-bond acceptors (Lipinski definition) is 11. The molecule has 0 unspecified atom stereocenters. The molecule has 2 N–H and O–H groups in total. The van der Waals surface area contributed by atoms with Crippen LogP contribution in [0.25, 0.3) is 0 Å². The van der Waals surface area contributed by atoms with Crippen LogP contribution in [0.15, 0.2) is 35.1 Å². The Morgan fingerprint density at radius 3 is 2.34 bits per heavy atom. The number of hydrogen-bond donors (Lipinski definition) is 2. The van der Waals surface area contributed by atoms with Gasteiger partial charge in [-0.3, -0.25) is 29.1 Å². The first-order valence-corrected chi connectivity index (χ1v) is 23.4. The van der Waals surface area contributed by atoms with E-state index in [1.54, 1.807) is 46.0 Å². The Bertz CT molecular complexity index is 1880. The van der Waals surface area contributed by atoms with Crippen molar-refractivity contribution in [1.29, 1.82) is 0 Å². The first-order valence-electron chi connectivity index (χ1n) is 22.5. The lowest BCUT2D eigenvalue weighted by molar-refractivity contribution is -0.165. The van der Waals surface area contributed by atoms with Crippen LogP contribution in [0.3, 0.4) is 0 Å². The molecule has 14 nitrogen and oxygen atoms in total. The van der Waals surface area contributed by atoms with Crippen molar-refractivity contribution in [2.45, 2.75) is 168 Å². The number of Topliss-reactive ketones (excluding diaryl/α,β-unsaturated/α-hetero) is 1. The average Bonchev–Trinajstić information content (AvgIpc) is 3.75. The number of esters is 1. The number of likely N-dealkylation sites (N-methyl/N-ethyl adjacent to an activating group) is 1. The molecule has 0 radical (unpaired) electrons. The zero-order valence-electron chi connectivity index (χ0n) is 38.8. The van der Waals surface area contributed by atoms with E-state index in [0.717, 1.165) is 18.4 Å². The zero-order valence-corrected chi connectivity index (χ0v) is 39.6. The van der Waals surface area contributed by atoms with Crippen LogP contribution >= 0.6 is 11.8 Å². The first kappa shape index (κ1) is 49.2. The minimum Gasteiger partial charge on any atom is -0.477 e. The number of thioether (sulfide) groups is 1. The van der Waals surface area contributed by atoms with Gasteiger partial charge in [-0.25, -0.2) is 9.59 Å². The molecule has 0 aliphatic carbocycles. The van der Waals surface area contributed by atoms with Gasteiger partial charge in [0.05, 0.1) is 24.1 Å². The zero-order chi connectivity index (χ0) is 46.1. The normalized spacial score (nSPS) is 25.6. The number of ether oxygens (including phenoxy) is 1. The number of aliphatic hydroxyl groups excluding tert-OH is 1. The summed E-state index contributed by atoms with van der Waals surface area (Å²) in [5.41, 5.74) is -0.616. The van der Waals surface area contributed by atoms with Crippen molar-refractivity contribution in [3.63, 3.8) is 0 Å². The standard InChI is InChI=1S/C47H71N5O9S/c1-12-46(6,7)39(54)42(57)50-23-14-13-17-33(50)44(60)61-31(19-18-30-16-15-22-48-26-30)25-45(4,5)20-21-47(8,9)51-27-32(24-34(51)40(55)49(10)11)62-38-28(2)36-35(29(3)53)41(56)52(36)37(38)43(58)59/h15-16,22,26,28-29,31-36,53H,12-14,17-21,23-25,27H2,1-11H3,(H,58,59)/t28-,29-,31-,32+,33+,34+,35-,36-/m1/s1. The summed E-state index contributed by atoms with van der Waals surface area (Å²) in [4.78, 5) is 91.9. The van der Waals surface area contributed by atoms with E-state index in [2.05, 4.69) is 37.6 Å². The molecule has 0 bridgehead atoms. The second-order valence-electron chi connectivity index (χ2n) is 20.4. The molecule has 1 aromatic rings. The predicted molar refractivity (Wildman–Crippen MR) is 237 cm³/mol. The number of carbonyl (C=O) groups excluding carboxylic acids is 5. The van der Waals surface area contributed by atoms with Gasteiger partial charge < -0.3 is 29.6 Å². The highest BCUT2D eigenvalue weighted by Crippen LogP contribution is 2.53. The largest absolute Gasteiger partial charge is 0.477 e. The third kappa shape index (κ3) is 10.6. The van der Waals surface area contributed by atoms with E-state index < -0.39 is 70.8 Å². The molecule has 0 saturated carbocycles. The van der Waals surface area contributed by atoms with Crippen LogP contribution in [-0.2, 0) is 39.9 Å². The van der Waals surface area contributed by atoms with Crippen molar-refractivity contribution in [3.05, 3.63) is 40.7 Å². The quantitative estimate of drug-likeness (QED) is 0.0986. The molecule has 5 rings (SSSR count). The smallest absolute Gasteiger partial charge is 0.353 e. The summed E-state index contributed by atoms with van der Waals surface area (Å²) in [6.07, 6.45) is 8.24. The number of aliphatic hydroxyl groups is 1. The van der Waals surface area contributed by atoms with E-state index >= 15 is 0 Å². The molecule has 5 heterocycles. The number of aromatic nitrogens is 1. The van der Waals surface area contributed by atoms with Crippen molar-refractivity contribution in [3.8, 4) is 0 Å². The highest BCUT2D eigenvalue weighted by molar-refractivity contribution is 8.03. The van der Waals surface area contributed by atoms with Crippen LogP contribution in [-0.4, -0.2) is 139 Å². The molecule has 0 spiro atoms. The van der Waals surface area contributed by atoms with Gasteiger partial charge in [-0.05, 0) is 102 Å². The molecule has 344 valence electrons. The number of rotatable bonds is 19. The summed E-state index contributed by atoms with van der Waals surface area (Å²) in [5, 5.41) is 20.5. The summed E-state index contributed by atoms with van der Waals surface area (Å²) in [6.45, 7) is 18.3. The maximum atomic E-state index is 14.1. The Hall–Kier alpha value is -3.82. The number of pyridine rings is 1. The molecular formula is C47H71N5O9S. The Kier molecular flexibility index (Phi) is 15.5. The van der Waals surface area contributed by atoms with Gasteiger partial charge in [0.2, 0.25) is 17.6 Å². The summed E-state index contributed by atoms with van der Waals surface area (Å²) < 4.78 is 6.37. The second kappa shape index (κ2) is 19.5. The summed E-state index contributed by atoms with van der Waals surface area (Å²) in [7, 11) is 3.49. The SMILES string of the molecule is CCC(C)(C)C(=O)C(=O)N1CCCC[C@H]1C(=O)O[C@H](CCc1cccnc1)CC(C)(C)CCC(C)(C)N1C[C@@H](SC2=C(C(=O)O)N3C(=O)[C@H]([C@@H](C)O)[C@H]3[C@H]2C)C[C@H]1C(=O)N(C)C. The lowest BCUT2D eigenvalue weighted by Crippen LogP contribution is -2.63. The minimum absolute atomic E-state index is 0.0140. The molecule has 4 aliphatic heterocycles. The maximum Gasteiger partial charge on any atom is 0.353 e. The molecule has 15 heteroatoms. The van der Waals surface area contributed by atoms with Crippen LogP contribution in [0.4, 0.5) is 0 Å². The van der Waals surface area contributed by atoms with Crippen molar-refractivity contribution in [2.24, 2.45) is 22.7 Å². The van der Waals surface area contributed by atoms with Gasteiger partial charge in [-0.15, -0.1) is 11.8 Å². The number of ketones is 1. The Balaban J connectivity index is 1.31. The van der Waals surface area contributed by atoms with Crippen molar-refractivity contribution in [1.82, 2.24) is 24.6 Å². The maximum absolute atomic E-state index is 14.1. The van der Waals surface area contributed by atoms with E-state index in [0.29, 0.717) is 69.4 Å². The van der Waals surface area contributed by atoms with Gasteiger partial charge in [0.1, 0.15) is 17.8 Å². The number of piperidine rings is 1. The number of aliphatic carboxylic acids is 1. The van der Waals surface area contributed by atoms with Crippen molar-refractivity contribution >= 4 is 47.2 Å². The molecule has 3 saturated heterocycles. The molecule has 8 atom stereocenters. The van der Waals surface area contributed by atoms with E-state index in [1.807, 2.05) is 32.2 Å². The number of β-lactam (4-membered cyclic amide) rings is 1. The topological polar surface area (TPSA) is 178 Å². The van der Waals surface area contributed by atoms with E-state index in [4.69, 9.17) is 4.74 Å². The van der Waals surface area contributed by atoms with Crippen LogP contribution in [0.1, 0.15) is 126 Å². The fourth-order valence-electron chi connectivity index (χ4n) is 9.77.